The molecule has 0 fully saturated rings. The van der Waals surface area contributed by atoms with Gasteiger partial charge in [0.25, 0.3) is 0 Å². The van der Waals surface area contributed by atoms with Gasteiger partial charge in [0, 0.05) is 11.8 Å². The summed E-state index contributed by atoms with van der Waals surface area (Å²) in [5.74, 6) is 0.582. The quantitative estimate of drug-likeness (QED) is 0.597. The van der Waals surface area contributed by atoms with Crippen molar-refractivity contribution >= 4 is 92.8 Å². The molecule has 88 valence electrons. The fraction of sp³-hybridized carbons (Fsp3) is 1.00. The number of alkyl halides is 8. The molecule has 0 radical (unpaired) electrons. The zero-order chi connectivity index (χ0) is 11.7. The predicted octanol–water partition coefficient (Wildman–Crippen LogP) is 5.27. The summed E-state index contributed by atoms with van der Waals surface area (Å²) in [7, 11) is 0. The minimum Gasteiger partial charge on any atom is -0.125 e. The van der Waals surface area contributed by atoms with E-state index in [1.54, 1.807) is 0 Å². The molecule has 14 heavy (non-hydrogen) atoms. The lowest BCUT2D eigenvalue weighted by atomic mass is 10.5. The van der Waals surface area contributed by atoms with Crippen LogP contribution in [0.4, 0.5) is 0 Å². The summed E-state index contributed by atoms with van der Waals surface area (Å²) in [5, 5.41) is -0.657. The Bertz CT molecular complexity index is 102. The van der Waals surface area contributed by atoms with Gasteiger partial charge >= 0.3 is 0 Å². The summed E-state index contributed by atoms with van der Waals surface area (Å²) in [4.78, 5) is -1.11. The third-order valence-corrected chi connectivity index (χ3v) is 4.37. The van der Waals surface area contributed by atoms with Gasteiger partial charge in [0.2, 0.25) is 0 Å². The van der Waals surface area contributed by atoms with Crippen molar-refractivity contribution in [3.63, 3.8) is 0 Å². The Morgan fingerprint density at radius 2 is 0.786 bits per heavy atom. The highest BCUT2D eigenvalue weighted by Gasteiger charge is 2.10. The molecule has 2 unspecified atom stereocenters. The van der Waals surface area contributed by atoms with E-state index in [2.05, 4.69) is 0 Å². The van der Waals surface area contributed by atoms with Crippen LogP contribution in [0.3, 0.4) is 0 Å². The van der Waals surface area contributed by atoms with Crippen molar-refractivity contribution in [1.82, 2.24) is 0 Å². The van der Waals surface area contributed by atoms with Crippen molar-refractivity contribution in [2.75, 3.05) is 11.8 Å². The molecule has 0 saturated carbocycles. The highest BCUT2D eigenvalue weighted by Crippen LogP contribution is 2.15. The summed E-state index contributed by atoms with van der Waals surface area (Å²) >= 11 is 42.4. The normalized spacial score (nSPS) is 15.0. The molecular weight excluding hydrogens is 356 g/mol. The standard InChI is InChI=1S/2C3H4Cl4/c2*4-1-2(5)3(6)7/h2*2-3H,1H2. The summed E-state index contributed by atoms with van der Waals surface area (Å²) < 4.78 is 0. The maximum Gasteiger partial charge on any atom is 0.125 e. The van der Waals surface area contributed by atoms with E-state index >= 15 is 0 Å². The summed E-state index contributed by atoms with van der Waals surface area (Å²) in [5.41, 5.74) is 0. The Kier molecular flexibility index (Phi) is 15.7. The average Bonchev–Trinajstić information content (AvgIpc) is 2.15. The van der Waals surface area contributed by atoms with Crippen molar-refractivity contribution in [3.05, 3.63) is 0 Å². The summed E-state index contributed by atoms with van der Waals surface area (Å²) in [6, 6.07) is 0. The lowest BCUT2D eigenvalue weighted by Crippen LogP contribution is -2.08. The zero-order valence-electron chi connectivity index (χ0n) is 6.75. The molecule has 0 aliphatic carbocycles. The van der Waals surface area contributed by atoms with Crippen LogP contribution in [-0.2, 0) is 0 Å². The Morgan fingerprint density at radius 1 is 0.571 bits per heavy atom. The van der Waals surface area contributed by atoms with E-state index < -0.39 is 9.67 Å². The minimum atomic E-state index is -0.556. The Hall–Kier alpha value is 2.32. The molecule has 0 heterocycles. The number of hydrogen-bond donors (Lipinski definition) is 0. The smallest absolute Gasteiger partial charge is 0.125 e. The molecule has 0 aliphatic heterocycles. The monoisotopic (exact) mass is 360 g/mol. The van der Waals surface area contributed by atoms with Crippen LogP contribution in [0.2, 0.25) is 0 Å². The second-order valence-corrected chi connectivity index (χ2v) is 6.08. The van der Waals surface area contributed by atoms with Crippen LogP contribution >= 0.6 is 92.8 Å². The van der Waals surface area contributed by atoms with Gasteiger partial charge in [-0.15, -0.1) is 92.8 Å². The first kappa shape index (κ1) is 18.7. The molecule has 0 aromatic rings. The molecule has 0 bridgehead atoms. The largest absolute Gasteiger partial charge is 0.125 e. The van der Waals surface area contributed by atoms with Gasteiger partial charge < -0.3 is 0 Å². The van der Waals surface area contributed by atoms with Gasteiger partial charge in [-0.25, -0.2) is 0 Å². The van der Waals surface area contributed by atoms with Gasteiger partial charge in [-0.3, -0.25) is 0 Å². The van der Waals surface area contributed by atoms with Crippen molar-refractivity contribution in [2.24, 2.45) is 0 Å². The van der Waals surface area contributed by atoms with E-state index in [-0.39, 0.29) is 10.8 Å². The van der Waals surface area contributed by atoms with E-state index in [0.29, 0.717) is 11.8 Å². The van der Waals surface area contributed by atoms with Crippen molar-refractivity contribution in [3.8, 4) is 0 Å². The molecule has 0 N–H and O–H groups in total. The van der Waals surface area contributed by atoms with Gasteiger partial charge in [0.05, 0.1) is 10.8 Å². The van der Waals surface area contributed by atoms with Crippen molar-refractivity contribution in [2.45, 2.75) is 20.4 Å². The second kappa shape index (κ2) is 11.8. The van der Waals surface area contributed by atoms with Crippen molar-refractivity contribution in [1.29, 1.82) is 0 Å². The fourth-order valence-electron chi connectivity index (χ4n) is 0.135. The Morgan fingerprint density at radius 3 is 0.786 bits per heavy atom. The summed E-state index contributed by atoms with van der Waals surface area (Å²) in [6.45, 7) is 0. The van der Waals surface area contributed by atoms with Crippen LogP contribution in [0.1, 0.15) is 0 Å². The third kappa shape index (κ3) is 12.4. The number of halogens is 8. The van der Waals surface area contributed by atoms with Crippen LogP contribution < -0.4 is 0 Å². The maximum absolute atomic E-state index is 5.40. The van der Waals surface area contributed by atoms with Crippen LogP contribution in [-0.4, -0.2) is 32.2 Å². The molecule has 0 aromatic heterocycles. The van der Waals surface area contributed by atoms with E-state index in [1.165, 1.54) is 0 Å². The molecule has 8 heteroatoms. The fourth-order valence-corrected chi connectivity index (χ4v) is 1.21. The number of hydrogen-bond acceptors (Lipinski definition) is 0. The number of rotatable bonds is 4. The molecular formula is C6H8Cl8. The lowest BCUT2D eigenvalue weighted by Gasteiger charge is -2.02. The first-order chi connectivity index (χ1) is 6.36. The van der Waals surface area contributed by atoms with Gasteiger partial charge in [-0.2, -0.15) is 0 Å². The summed E-state index contributed by atoms with van der Waals surface area (Å²) in [6.07, 6.45) is 0. The lowest BCUT2D eigenvalue weighted by molar-refractivity contribution is 1.06. The van der Waals surface area contributed by atoms with Crippen LogP contribution in [0.5, 0.6) is 0 Å². The van der Waals surface area contributed by atoms with E-state index in [4.69, 9.17) is 92.8 Å². The van der Waals surface area contributed by atoms with E-state index in [0.717, 1.165) is 0 Å². The molecule has 0 amide bonds. The van der Waals surface area contributed by atoms with Crippen LogP contribution in [0, 0.1) is 0 Å². The molecule has 0 aliphatic rings. The predicted molar refractivity (Wildman–Crippen MR) is 71.7 cm³/mol. The highest BCUT2D eigenvalue weighted by atomic mass is 35.5. The maximum atomic E-state index is 5.40. The van der Waals surface area contributed by atoms with Crippen LogP contribution in [0.15, 0.2) is 0 Å². The van der Waals surface area contributed by atoms with Gasteiger partial charge in [-0.05, 0) is 0 Å². The first-order valence-corrected chi connectivity index (χ1v) is 7.01. The van der Waals surface area contributed by atoms with Gasteiger partial charge in [-0.1, -0.05) is 0 Å². The van der Waals surface area contributed by atoms with Crippen molar-refractivity contribution < 1.29 is 0 Å². The van der Waals surface area contributed by atoms with Gasteiger partial charge in [0.15, 0.2) is 0 Å². The van der Waals surface area contributed by atoms with E-state index in [1.807, 2.05) is 0 Å². The van der Waals surface area contributed by atoms with Gasteiger partial charge in [0.1, 0.15) is 9.67 Å². The Labute approximate surface area is 124 Å². The van der Waals surface area contributed by atoms with Crippen LogP contribution in [0.25, 0.3) is 0 Å². The first-order valence-electron chi connectivity index (χ1n) is 3.33. The SMILES string of the molecule is ClCC(Cl)C(Cl)Cl.ClCC(Cl)C(Cl)Cl. The highest BCUT2D eigenvalue weighted by molar-refractivity contribution is 6.49. The third-order valence-electron chi connectivity index (χ3n) is 0.842. The Balaban J connectivity index is 0. The molecule has 2 atom stereocenters. The topological polar surface area (TPSA) is 0 Å². The molecule has 0 nitrogen and oxygen atoms in total. The zero-order valence-corrected chi connectivity index (χ0v) is 12.8. The second-order valence-electron chi connectivity index (χ2n) is 2.01. The molecule has 0 rings (SSSR count). The molecule has 0 saturated heterocycles. The molecule has 0 spiro atoms. The van der Waals surface area contributed by atoms with E-state index in [9.17, 15) is 0 Å². The average molecular weight is 364 g/mol. The minimum absolute atomic E-state index is 0.291. The molecule has 0 aromatic carbocycles.